The molecule has 1 aliphatic rings. The predicted octanol–water partition coefficient (Wildman–Crippen LogP) is 2.80. The minimum absolute atomic E-state index is 0.0186. The lowest BCUT2D eigenvalue weighted by Gasteiger charge is -2.15. The van der Waals surface area contributed by atoms with E-state index in [9.17, 15) is 0 Å². The van der Waals surface area contributed by atoms with Crippen LogP contribution < -0.4 is 0 Å². The van der Waals surface area contributed by atoms with E-state index in [0.717, 1.165) is 42.0 Å². The van der Waals surface area contributed by atoms with Gasteiger partial charge in [0, 0.05) is 30.8 Å². The van der Waals surface area contributed by atoms with Crippen LogP contribution in [0.25, 0.3) is 22.6 Å². The van der Waals surface area contributed by atoms with Crippen LogP contribution in [-0.2, 0) is 4.74 Å². The van der Waals surface area contributed by atoms with Gasteiger partial charge in [-0.1, -0.05) is 0 Å². The van der Waals surface area contributed by atoms with E-state index < -0.39 is 0 Å². The maximum Gasteiger partial charge on any atom is 0.162 e. The van der Waals surface area contributed by atoms with Crippen LogP contribution in [0, 0.1) is 0 Å². The molecule has 100 valence electrons. The van der Waals surface area contributed by atoms with E-state index in [4.69, 9.17) is 9.72 Å². The molecule has 0 radical (unpaired) electrons. The molecule has 5 nitrogen and oxygen atoms in total. The van der Waals surface area contributed by atoms with Crippen molar-refractivity contribution >= 4 is 11.2 Å². The quantitative estimate of drug-likeness (QED) is 0.715. The third-order valence-corrected chi connectivity index (χ3v) is 3.56. The van der Waals surface area contributed by atoms with E-state index in [2.05, 4.69) is 14.5 Å². The average Bonchev–Trinajstić information content (AvgIpc) is 3.14. The second kappa shape index (κ2) is 4.68. The summed E-state index contributed by atoms with van der Waals surface area (Å²) in [5, 5.41) is 0. The Labute approximate surface area is 116 Å². The molecule has 0 bridgehead atoms. The average molecular weight is 266 g/mol. The molecule has 0 aliphatic carbocycles. The monoisotopic (exact) mass is 266 g/mol. The lowest BCUT2D eigenvalue weighted by Crippen LogP contribution is -2.09. The summed E-state index contributed by atoms with van der Waals surface area (Å²) in [5.41, 5.74) is 2.75. The molecular formula is C15H14N4O. The number of hydrogen-bond donors (Lipinski definition) is 0. The molecule has 4 rings (SSSR count). The van der Waals surface area contributed by atoms with Crippen LogP contribution in [-0.4, -0.2) is 26.1 Å². The van der Waals surface area contributed by atoms with Gasteiger partial charge in [0.2, 0.25) is 0 Å². The van der Waals surface area contributed by atoms with E-state index in [-0.39, 0.29) is 6.23 Å². The fourth-order valence-electron chi connectivity index (χ4n) is 2.67. The molecule has 3 aromatic rings. The number of pyridine rings is 2. The molecular weight excluding hydrogens is 252 g/mol. The third kappa shape index (κ3) is 1.78. The molecule has 5 heteroatoms. The molecule has 1 aliphatic heterocycles. The first-order valence-electron chi connectivity index (χ1n) is 6.78. The minimum atomic E-state index is 0.0186. The van der Waals surface area contributed by atoms with Gasteiger partial charge in [0.05, 0.1) is 0 Å². The van der Waals surface area contributed by atoms with Crippen molar-refractivity contribution in [3.8, 4) is 11.4 Å². The summed E-state index contributed by atoms with van der Waals surface area (Å²) in [6.07, 6.45) is 7.47. The van der Waals surface area contributed by atoms with E-state index in [1.165, 1.54) is 0 Å². The van der Waals surface area contributed by atoms with E-state index in [0.29, 0.717) is 0 Å². The summed E-state index contributed by atoms with van der Waals surface area (Å²) in [4.78, 5) is 13.4. The largest absolute Gasteiger partial charge is 0.358 e. The van der Waals surface area contributed by atoms with Gasteiger partial charge >= 0.3 is 0 Å². The Kier molecular flexibility index (Phi) is 2.70. The van der Waals surface area contributed by atoms with E-state index in [1.807, 2.05) is 30.5 Å². The van der Waals surface area contributed by atoms with Crippen molar-refractivity contribution < 1.29 is 4.74 Å². The Morgan fingerprint density at radius 2 is 2.15 bits per heavy atom. The smallest absolute Gasteiger partial charge is 0.162 e. The highest BCUT2D eigenvalue weighted by atomic mass is 16.5. The molecule has 1 atom stereocenters. The van der Waals surface area contributed by atoms with Crippen molar-refractivity contribution in [2.75, 3.05) is 6.61 Å². The van der Waals surface area contributed by atoms with Crippen LogP contribution in [0.1, 0.15) is 19.1 Å². The van der Waals surface area contributed by atoms with E-state index in [1.54, 1.807) is 12.4 Å². The van der Waals surface area contributed by atoms with Gasteiger partial charge in [-0.15, -0.1) is 0 Å². The first-order valence-corrected chi connectivity index (χ1v) is 6.78. The highest BCUT2D eigenvalue weighted by Crippen LogP contribution is 2.32. The summed E-state index contributed by atoms with van der Waals surface area (Å²) >= 11 is 0. The number of hydrogen-bond acceptors (Lipinski definition) is 4. The van der Waals surface area contributed by atoms with Gasteiger partial charge in [-0.3, -0.25) is 9.55 Å². The topological polar surface area (TPSA) is 52.8 Å². The first-order chi connectivity index (χ1) is 9.93. The zero-order chi connectivity index (χ0) is 13.4. The van der Waals surface area contributed by atoms with Crippen LogP contribution in [0.2, 0.25) is 0 Å². The second-order valence-electron chi connectivity index (χ2n) is 4.86. The fraction of sp³-hybridized carbons (Fsp3) is 0.267. The molecule has 0 N–H and O–H groups in total. The van der Waals surface area contributed by atoms with Crippen molar-refractivity contribution in [3.05, 3.63) is 42.9 Å². The van der Waals surface area contributed by atoms with Gasteiger partial charge in [0.15, 0.2) is 5.65 Å². The second-order valence-corrected chi connectivity index (χ2v) is 4.86. The van der Waals surface area contributed by atoms with Crippen molar-refractivity contribution in [1.29, 1.82) is 0 Å². The Morgan fingerprint density at radius 3 is 2.95 bits per heavy atom. The number of nitrogens with zero attached hydrogens (tertiary/aromatic N) is 4. The molecule has 20 heavy (non-hydrogen) atoms. The molecule has 0 aromatic carbocycles. The summed E-state index contributed by atoms with van der Waals surface area (Å²) in [7, 11) is 0. The molecule has 1 fully saturated rings. The Morgan fingerprint density at radius 1 is 1.20 bits per heavy atom. The van der Waals surface area contributed by atoms with Crippen molar-refractivity contribution in [1.82, 2.24) is 19.5 Å². The van der Waals surface area contributed by atoms with Gasteiger partial charge in [-0.05, 0) is 37.1 Å². The maximum atomic E-state index is 5.83. The van der Waals surface area contributed by atoms with Gasteiger partial charge in [0.1, 0.15) is 17.6 Å². The molecule has 1 saturated heterocycles. The normalized spacial score (nSPS) is 18.7. The van der Waals surface area contributed by atoms with Crippen LogP contribution in [0.3, 0.4) is 0 Å². The standard InChI is InChI=1S/C15H14N4O/c1-4-11(10-16-7-1)14-18-12-5-2-8-17-15(12)19(14)13-6-3-9-20-13/h1-2,4-5,7-8,10,13H,3,6,9H2. The van der Waals surface area contributed by atoms with Crippen molar-refractivity contribution in [2.24, 2.45) is 0 Å². The Bertz CT molecular complexity index is 732. The SMILES string of the molecule is c1cncc(-c2nc3cccnc3n2C2CCCO2)c1. The summed E-state index contributed by atoms with van der Waals surface area (Å²) in [5.74, 6) is 0.874. The van der Waals surface area contributed by atoms with Crippen LogP contribution in [0.15, 0.2) is 42.9 Å². The van der Waals surface area contributed by atoms with Crippen LogP contribution in [0.5, 0.6) is 0 Å². The summed E-state index contributed by atoms with van der Waals surface area (Å²) in [6, 6.07) is 7.82. The Hall–Kier alpha value is -2.27. The van der Waals surface area contributed by atoms with Gasteiger partial charge in [0.25, 0.3) is 0 Å². The lowest BCUT2D eigenvalue weighted by molar-refractivity contribution is 0.0606. The molecule has 4 heterocycles. The number of imidazole rings is 1. The Balaban J connectivity index is 1.97. The lowest BCUT2D eigenvalue weighted by atomic mass is 10.2. The molecule has 3 aromatic heterocycles. The molecule has 1 unspecified atom stereocenters. The summed E-state index contributed by atoms with van der Waals surface area (Å²) < 4.78 is 7.93. The highest BCUT2D eigenvalue weighted by Gasteiger charge is 2.24. The molecule has 0 saturated carbocycles. The number of ether oxygens (including phenoxy) is 1. The molecule has 0 spiro atoms. The number of rotatable bonds is 2. The minimum Gasteiger partial charge on any atom is -0.358 e. The van der Waals surface area contributed by atoms with Gasteiger partial charge in [-0.2, -0.15) is 0 Å². The number of fused-ring (bicyclic) bond motifs is 1. The molecule has 0 amide bonds. The first kappa shape index (κ1) is 11.5. The van der Waals surface area contributed by atoms with Crippen LogP contribution in [0.4, 0.5) is 0 Å². The zero-order valence-electron chi connectivity index (χ0n) is 10.9. The van der Waals surface area contributed by atoms with Crippen molar-refractivity contribution in [3.63, 3.8) is 0 Å². The van der Waals surface area contributed by atoms with Crippen molar-refractivity contribution in [2.45, 2.75) is 19.1 Å². The van der Waals surface area contributed by atoms with Gasteiger partial charge in [-0.25, -0.2) is 9.97 Å². The number of aromatic nitrogens is 4. The zero-order valence-corrected chi connectivity index (χ0v) is 10.9. The maximum absolute atomic E-state index is 5.83. The predicted molar refractivity (Wildman–Crippen MR) is 75.0 cm³/mol. The third-order valence-electron chi connectivity index (χ3n) is 3.56. The van der Waals surface area contributed by atoms with E-state index >= 15 is 0 Å². The van der Waals surface area contributed by atoms with Crippen LogP contribution >= 0.6 is 0 Å². The highest BCUT2D eigenvalue weighted by molar-refractivity contribution is 5.77. The fourth-order valence-corrected chi connectivity index (χ4v) is 2.67. The van der Waals surface area contributed by atoms with Gasteiger partial charge < -0.3 is 4.74 Å². The summed E-state index contributed by atoms with van der Waals surface area (Å²) in [6.45, 7) is 0.795.